The molecule has 2 aliphatic rings. The van der Waals surface area contributed by atoms with Crippen molar-refractivity contribution in [2.75, 3.05) is 19.6 Å². The van der Waals surface area contributed by atoms with Crippen LogP contribution in [0, 0.1) is 17.7 Å². The Morgan fingerprint density at radius 2 is 1.89 bits per heavy atom. The van der Waals surface area contributed by atoms with Crippen molar-refractivity contribution < 1.29 is 14.6 Å². The van der Waals surface area contributed by atoms with E-state index in [1.54, 1.807) is 18.2 Å². The van der Waals surface area contributed by atoms with Gasteiger partial charge >= 0.3 is 0 Å². The highest BCUT2D eigenvalue weighted by atomic mass is 19.1. The fourth-order valence-corrected chi connectivity index (χ4v) is 5.02. The van der Waals surface area contributed by atoms with Crippen LogP contribution < -0.4 is 0 Å². The van der Waals surface area contributed by atoms with Crippen LogP contribution in [0.25, 0.3) is 0 Å². The van der Waals surface area contributed by atoms with Gasteiger partial charge in [-0.25, -0.2) is 4.39 Å². The van der Waals surface area contributed by atoms with Crippen LogP contribution in [0.3, 0.4) is 0 Å². The number of rotatable bonds is 5. The second-order valence-corrected chi connectivity index (χ2v) is 8.48. The third-order valence-corrected chi connectivity index (χ3v) is 6.22. The normalized spacial score (nSPS) is 29.0. The number of hydrogen-bond acceptors (Lipinski definition) is 4. The van der Waals surface area contributed by atoms with Gasteiger partial charge in [0, 0.05) is 37.7 Å². The number of hydrogen-bond donors (Lipinski definition) is 2. The van der Waals surface area contributed by atoms with E-state index in [2.05, 4.69) is 16.8 Å². The predicted molar refractivity (Wildman–Crippen MR) is 102 cm³/mol. The molecule has 1 saturated carbocycles. The molecule has 1 aliphatic carbocycles. The summed E-state index contributed by atoms with van der Waals surface area (Å²) >= 11 is 0. The Hall–Kier alpha value is -1.98. The summed E-state index contributed by atoms with van der Waals surface area (Å²) in [5.74, 6) is 1.21. The molecule has 5 heteroatoms. The number of pyridine rings is 1. The number of fused-ring (bicyclic) bond motifs is 1. The Bertz CT molecular complexity index is 781. The van der Waals surface area contributed by atoms with E-state index in [1.807, 2.05) is 12.1 Å². The average molecular weight is 370 g/mol. The zero-order valence-corrected chi connectivity index (χ0v) is 15.7. The minimum Gasteiger partial charge on any atom is -0.506 e. The van der Waals surface area contributed by atoms with Crippen molar-refractivity contribution in [3.63, 3.8) is 0 Å². The number of nitrogens with zero attached hydrogens (tertiary/aromatic N) is 2. The lowest BCUT2D eigenvalue weighted by atomic mass is 9.91. The molecule has 0 amide bonds. The van der Waals surface area contributed by atoms with Gasteiger partial charge in [-0.2, -0.15) is 0 Å². The molecule has 2 aromatic rings. The quantitative estimate of drug-likeness (QED) is 0.848. The van der Waals surface area contributed by atoms with Crippen molar-refractivity contribution in [2.45, 2.75) is 37.7 Å². The van der Waals surface area contributed by atoms with Crippen LogP contribution in [0.2, 0.25) is 0 Å². The molecule has 2 unspecified atom stereocenters. The van der Waals surface area contributed by atoms with E-state index < -0.39 is 5.60 Å². The number of likely N-dealkylation sites (tertiary alicyclic amines) is 1. The van der Waals surface area contributed by atoms with E-state index in [-0.39, 0.29) is 11.6 Å². The first kappa shape index (κ1) is 18.4. The van der Waals surface area contributed by atoms with Crippen molar-refractivity contribution >= 4 is 0 Å². The van der Waals surface area contributed by atoms with Crippen LogP contribution in [0.1, 0.15) is 36.9 Å². The molecule has 0 bridgehead atoms. The fourth-order valence-electron chi connectivity index (χ4n) is 5.02. The van der Waals surface area contributed by atoms with Crippen LogP contribution in [0.15, 0.2) is 42.6 Å². The number of aromatic nitrogens is 1. The van der Waals surface area contributed by atoms with Gasteiger partial charge in [0.05, 0.1) is 11.8 Å². The maximum absolute atomic E-state index is 14.0. The first-order valence-corrected chi connectivity index (χ1v) is 9.75. The molecule has 1 aromatic heterocycles. The van der Waals surface area contributed by atoms with E-state index in [0.29, 0.717) is 29.7 Å². The molecule has 4 rings (SSSR count). The molecule has 1 saturated heterocycles. The molecule has 27 heavy (non-hydrogen) atoms. The molecule has 1 aliphatic heterocycles. The minimum atomic E-state index is -0.784. The van der Waals surface area contributed by atoms with E-state index in [1.165, 1.54) is 12.3 Å². The van der Waals surface area contributed by atoms with Gasteiger partial charge in [-0.05, 0) is 48.4 Å². The van der Waals surface area contributed by atoms with Gasteiger partial charge in [0.15, 0.2) is 0 Å². The summed E-state index contributed by atoms with van der Waals surface area (Å²) in [7, 11) is 0. The topological polar surface area (TPSA) is 56.6 Å². The van der Waals surface area contributed by atoms with Gasteiger partial charge in [0.25, 0.3) is 0 Å². The monoisotopic (exact) mass is 370 g/mol. The Kier molecular flexibility index (Phi) is 4.91. The van der Waals surface area contributed by atoms with E-state index in [0.717, 1.165) is 38.2 Å². The summed E-state index contributed by atoms with van der Waals surface area (Å²) < 4.78 is 14.0. The number of aromatic hydroxyl groups is 1. The van der Waals surface area contributed by atoms with Gasteiger partial charge in [0.1, 0.15) is 11.6 Å². The zero-order chi connectivity index (χ0) is 19.0. The predicted octanol–water partition coefficient (Wildman–Crippen LogP) is 3.35. The van der Waals surface area contributed by atoms with Gasteiger partial charge in [-0.15, -0.1) is 0 Å². The lowest BCUT2D eigenvalue weighted by Gasteiger charge is -2.27. The summed E-state index contributed by atoms with van der Waals surface area (Å²) in [5.41, 5.74) is 0.818. The van der Waals surface area contributed by atoms with Crippen molar-refractivity contribution in [3.8, 4) is 5.75 Å². The van der Waals surface area contributed by atoms with Crippen LogP contribution in [0.5, 0.6) is 5.75 Å². The summed E-state index contributed by atoms with van der Waals surface area (Å²) in [6.45, 7) is 5.04. The zero-order valence-electron chi connectivity index (χ0n) is 15.7. The molecule has 2 fully saturated rings. The maximum Gasteiger partial charge on any atom is 0.133 e. The van der Waals surface area contributed by atoms with E-state index in [4.69, 9.17) is 0 Å². The van der Waals surface area contributed by atoms with Crippen LogP contribution in [-0.2, 0) is 6.42 Å². The standard InChI is InChI=1S/C22H27FN2O2/c1-15(21-7-6-19(26)11-24-21)12-25-13-17-9-22(27,10-18(17)14-25)8-16-4-2-3-5-20(16)23/h2-7,11,15,17-18,26-27H,8-10,12-14H2,1H3/t15?,17-,18+,22?. The number of aliphatic hydroxyl groups is 1. The second kappa shape index (κ2) is 7.21. The van der Waals surface area contributed by atoms with Gasteiger partial charge < -0.3 is 15.1 Å². The highest BCUT2D eigenvalue weighted by molar-refractivity contribution is 5.21. The lowest BCUT2D eigenvalue weighted by Crippen LogP contribution is -2.33. The van der Waals surface area contributed by atoms with Gasteiger partial charge in [-0.1, -0.05) is 25.1 Å². The Balaban J connectivity index is 1.34. The molecule has 0 radical (unpaired) electrons. The van der Waals surface area contributed by atoms with Crippen LogP contribution >= 0.6 is 0 Å². The van der Waals surface area contributed by atoms with Crippen LogP contribution in [-0.4, -0.2) is 45.3 Å². The third kappa shape index (κ3) is 3.99. The van der Waals surface area contributed by atoms with Crippen molar-refractivity contribution in [2.24, 2.45) is 11.8 Å². The van der Waals surface area contributed by atoms with Crippen LogP contribution in [0.4, 0.5) is 4.39 Å². The fraction of sp³-hybridized carbons (Fsp3) is 0.500. The lowest BCUT2D eigenvalue weighted by molar-refractivity contribution is 0.0345. The summed E-state index contributed by atoms with van der Waals surface area (Å²) in [5, 5.41) is 20.4. The number of halogens is 1. The molecule has 2 N–H and O–H groups in total. The van der Waals surface area contributed by atoms with Crippen molar-refractivity contribution in [1.82, 2.24) is 9.88 Å². The second-order valence-electron chi connectivity index (χ2n) is 8.48. The Labute approximate surface area is 159 Å². The van der Waals surface area contributed by atoms with E-state index in [9.17, 15) is 14.6 Å². The Morgan fingerprint density at radius 1 is 1.19 bits per heavy atom. The summed E-state index contributed by atoms with van der Waals surface area (Å²) in [6.07, 6.45) is 3.39. The minimum absolute atomic E-state index is 0.191. The highest BCUT2D eigenvalue weighted by Gasteiger charge is 2.48. The first-order chi connectivity index (χ1) is 12.9. The van der Waals surface area contributed by atoms with Gasteiger partial charge in [-0.3, -0.25) is 4.98 Å². The molecular weight excluding hydrogens is 343 g/mol. The smallest absolute Gasteiger partial charge is 0.133 e. The van der Waals surface area contributed by atoms with Crippen molar-refractivity contribution in [1.29, 1.82) is 0 Å². The largest absolute Gasteiger partial charge is 0.506 e. The highest BCUT2D eigenvalue weighted by Crippen LogP contribution is 2.45. The SMILES string of the molecule is CC(CN1C[C@@H]2CC(O)(Cc3ccccc3F)C[C@@H]2C1)c1ccc(O)cn1. The molecule has 1 aromatic carbocycles. The average Bonchev–Trinajstić information content (AvgIpc) is 3.11. The molecule has 2 heterocycles. The molecular formula is C22H27FN2O2. The van der Waals surface area contributed by atoms with Crippen molar-refractivity contribution in [3.05, 3.63) is 59.7 Å². The first-order valence-electron chi connectivity index (χ1n) is 9.75. The molecule has 144 valence electrons. The van der Waals surface area contributed by atoms with E-state index >= 15 is 0 Å². The molecule has 4 nitrogen and oxygen atoms in total. The summed E-state index contributed by atoms with van der Waals surface area (Å²) in [4.78, 5) is 6.77. The third-order valence-electron chi connectivity index (χ3n) is 6.22. The molecule has 4 atom stereocenters. The Morgan fingerprint density at radius 3 is 2.52 bits per heavy atom. The molecule has 0 spiro atoms. The number of benzene rings is 1. The maximum atomic E-state index is 14.0. The van der Waals surface area contributed by atoms with Gasteiger partial charge in [0.2, 0.25) is 0 Å². The summed E-state index contributed by atoms with van der Waals surface area (Å²) in [6, 6.07) is 10.3.